The predicted molar refractivity (Wildman–Crippen MR) is 76.9 cm³/mol. The second-order valence-corrected chi connectivity index (χ2v) is 4.48. The van der Waals surface area contributed by atoms with Gasteiger partial charge in [0.05, 0.1) is 11.4 Å². The molecule has 0 fully saturated rings. The molecule has 0 atom stereocenters. The molecule has 2 rings (SSSR count). The molecule has 0 aliphatic carbocycles. The smallest absolute Gasteiger partial charge is 0.139 e. The molecule has 0 aromatic carbocycles. The van der Waals surface area contributed by atoms with Gasteiger partial charge in [-0.3, -0.25) is 4.68 Å². The molecule has 2 N–H and O–H groups in total. The van der Waals surface area contributed by atoms with Crippen LogP contribution in [0, 0.1) is 13.8 Å². The molecule has 2 aromatic heterocycles. The topological polar surface area (TPSA) is 67.7 Å². The summed E-state index contributed by atoms with van der Waals surface area (Å²) in [5, 5.41) is 10.9. The molecule has 0 saturated heterocycles. The van der Waals surface area contributed by atoms with Crippen LogP contribution in [0.5, 0.6) is 0 Å². The third-order valence-electron chi connectivity index (χ3n) is 2.99. The highest BCUT2D eigenvalue weighted by atomic mass is 15.3. The van der Waals surface area contributed by atoms with Gasteiger partial charge in [-0.1, -0.05) is 6.92 Å². The van der Waals surface area contributed by atoms with Crippen molar-refractivity contribution in [2.24, 2.45) is 7.05 Å². The van der Waals surface area contributed by atoms with Crippen molar-refractivity contribution in [2.75, 3.05) is 17.7 Å². The molecule has 0 aliphatic rings. The molecule has 6 heteroatoms. The van der Waals surface area contributed by atoms with Crippen molar-refractivity contribution in [3.8, 4) is 0 Å². The molecule has 0 amide bonds. The minimum absolute atomic E-state index is 0.736. The maximum atomic E-state index is 4.46. The molecule has 0 saturated carbocycles. The van der Waals surface area contributed by atoms with Crippen LogP contribution >= 0.6 is 0 Å². The minimum Gasteiger partial charge on any atom is -0.373 e. The molecule has 0 aliphatic heterocycles. The van der Waals surface area contributed by atoms with E-state index in [9.17, 15) is 0 Å². The van der Waals surface area contributed by atoms with Crippen molar-refractivity contribution in [1.29, 1.82) is 0 Å². The molecule has 0 spiro atoms. The van der Waals surface area contributed by atoms with Crippen LogP contribution in [0.15, 0.2) is 6.20 Å². The van der Waals surface area contributed by atoms with Crippen molar-refractivity contribution >= 4 is 17.3 Å². The van der Waals surface area contributed by atoms with E-state index in [1.54, 1.807) is 0 Å². The number of hydrogen-bond donors (Lipinski definition) is 2. The van der Waals surface area contributed by atoms with Crippen LogP contribution in [-0.4, -0.2) is 26.8 Å². The van der Waals surface area contributed by atoms with Gasteiger partial charge >= 0.3 is 0 Å². The normalized spacial score (nSPS) is 10.6. The molecule has 19 heavy (non-hydrogen) atoms. The third-order valence-corrected chi connectivity index (χ3v) is 2.99. The quantitative estimate of drug-likeness (QED) is 0.882. The van der Waals surface area contributed by atoms with Gasteiger partial charge in [-0.05, 0) is 20.3 Å². The lowest BCUT2D eigenvalue weighted by Crippen LogP contribution is -2.05. The van der Waals surface area contributed by atoms with Gasteiger partial charge in [0.15, 0.2) is 0 Å². The van der Waals surface area contributed by atoms with Gasteiger partial charge < -0.3 is 10.6 Å². The van der Waals surface area contributed by atoms with E-state index in [1.165, 1.54) is 0 Å². The Morgan fingerprint density at radius 3 is 2.53 bits per heavy atom. The van der Waals surface area contributed by atoms with Crippen LogP contribution in [0.25, 0.3) is 0 Å². The first kappa shape index (κ1) is 13.3. The Labute approximate surface area is 113 Å². The summed E-state index contributed by atoms with van der Waals surface area (Å²) in [5.41, 5.74) is 3.02. The van der Waals surface area contributed by atoms with Crippen LogP contribution in [0.3, 0.4) is 0 Å². The monoisotopic (exact) mass is 260 g/mol. The highest BCUT2D eigenvalue weighted by molar-refractivity contribution is 5.65. The van der Waals surface area contributed by atoms with Crippen LogP contribution in [0.1, 0.15) is 24.0 Å². The summed E-state index contributed by atoms with van der Waals surface area (Å²) < 4.78 is 1.81. The summed E-state index contributed by atoms with van der Waals surface area (Å²) in [6.45, 7) is 5.97. The van der Waals surface area contributed by atoms with Crippen LogP contribution in [0.2, 0.25) is 0 Å². The Morgan fingerprint density at radius 2 is 1.89 bits per heavy atom. The fourth-order valence-corrected chi connectivity index (χ4v) is 2.02. The lowest BCUT2D eigenvalue weighted by Gasteiger charge is -2.12. The van der Waals surface area contributed by atoms with E-state index in [1.807, 2.05) is 38.8 Å². The Hall–Kier alpha value is -2.11. The summed E-state index contributed by atoms with van der Waals surface area (Å²) in [5.74, 6) is 2.40. The molecule has 6 nitrogen and oxygen atoms in total. The zero-order chi connectivity index (χ0) is 14.0. The van der Waals surface area contributed by atoms with Gasteiger partial charge in [-0.25, -0.2) is 9.97 Å². The largest absolute Gasteiger partial charge is 0.373 e. The van der Waals surface area contributed by atoms with Crippen molar-refractivity contribution in [3.05, 3.63) is 23.3 Å². The van der Waals surface area contributed by atoms with E-state index in [2.05, 4.69) is 32.6 Å². The average molecular weight is 260 g/mol. The van der Waals surface area contributed by atoms with Gasteiger partial charge in [-0.15, -0.1) is 0 Å². The van der Waals surface area contributed by atoms with Gasteiger partial charge in [0.2, 0.25) is 0 Å². The predicted octanol–water partition coefficient (Wildman–Crippen LogP) is 2.17. The number of nitrogens with zero attached hydrogens (tertiary/aromatic N) is 4. The lowest BCUT2D eigenvalue weighted by atomic mass is 10.2. The molecule has 0 bridgehead atoms. The average Bonchev–Trinajstić information content (AvgIpc) is 2.73. The number of aromatic nitrogens is 4. The molecule has 2 aromatic rings. The summed E-state index contributed by atoms with van der Waals surface area (Å²) in [7, 11) is 3.78. The Balaban J connectivity index is 2.40. The van der Waals surface area contributed by atoms with Crippen molar-refractivity contribution in [1.82, 2.24) is 19.7 Å². The fraction of sp³-hybridized carbons (Fsp3) is 0.462. The second kappa shape index (κ2) is 5.26. The Morgan fingerprint density at radius 1 is 1.21 bits per heavy atom. The number of aryl methyl sites for hydroxylation is 3. The Bertz CT molecular complexity index is 587. The van der Waals surface area contributed by atoms with Crippen molar-refractivity contribution in [2.45, 2.75) is 27.2 Å². The van der Waals surface area contributed by atoms with Gasteiger partial charge in [0, 0.05) is 25.9 Å². The van der Waals surface area contributed by atoms with Gasteiger partial charge in [-0.2, -0.15) is 5.10 Å². The maximum absolute atomic E-state index is 4.46. The zero-order valence-corrected chi connectivity index (χ0v) is 12.1. The minimum atomic E-state index is 0.736. The van der Waals surface area contributed by atoms with E-state index >= 15 is 0 Å². The highest BCUT2D eigenvalue weighted by Gasteiger charge is 2.11. The van der Waals surface area contributed by atoms with E-state index in [0.717, 1.165) is 40.8 Å². The van der Waals surface area contributed by atoms with Gasteiger partial charge in [0.1, 0.15) is 17.5 Å². The SMILES string of the molecule is CCc1nn(C)cc1Nc1nc(C)nc(NC)c1C. The van der Waals surface area contributed by atoms with E-state index in [-0.39, 0.29) is 0 Å². The lowest BCUT2D eigenvalue weighted by molar-refractivity contribution is 0.746. The van der Waals surface area contributed by atoms with Crippen LogP contribution < -0.4 is 10.6 Å². The summed E-state index contributed by atoms with van der Waals surface area (Å²) in [6.07, 6.45) is 2.85. The second-order valence-electron chi connectivity index (χ2n) is 4.48. The summed E-state index contributed by atoms with van der Waals surface area (Å²) in [4.78, 5) is 8.82. The number of nitrogens with one attached hydrogen (secondary N) is 2. The van der Waals surface area contributed by atoms with E-state index < -0.39 is 0 Å². The molecule has 102 valence electrons. The summed E-state index contributed by atoms with van der Waals surface area (Å²) >= 11 is 0. The first-order valence-electron chi connectivity index (χ1n) is 6.37. The fourth-order valence-electron chi connectivity index (χ4n) is 2.02. The molecular formula is C13H20N6. The first-order chi connectivity index (χ1) is 9.05. The first-order valence-corrected chi connectivity index (χ1v) is 6.37. The number of hydrogen-bond acceptors (Lipinski definition) is 5. The molecular weight excluding hydrogens is 240 g/mol. The Kier molecular flexibility index (Phi) is 3.69. The number of rotatable bonds is 4. The molecule has 0 unspecified atom stereocenters. The zero-order valence-electron chi connectivity index (χ0n) is 12.1. The third kappa shape index (κ3) is 2.67. The molecule has 0 radical (unpaired) electrons. The standard InChI is InChI=1S/C13H20N6/c1-6-10-11(7-19(5)18-10)17-13-8(2)12(14-4)15-9(3)16-13/h7H,6H2,1-5H3,(H2,14,15,16,17). The van der Waals surface area contributed by atoms with Crippen LogP contribution in [0.4, 0.5) is 17.3 Å². The van der Waals surface area contributed by atoms with Crippen LogP contribution in [-0.2, 0) is 13.5 Å². The van der Waals surface area contributed by atoms with Gasteiger partial charge in [0.25, 0.3) is 0 Å². The van der Waals surface area contributed by atoms with E-state index in [0.29, 0.717) is 0 Å². The maximum Gasteiger partial charge on any atom is 0.139 e. The summed E-state index contributed by atoms with van der Waals surface area (Å²) in [6, 6.07) is 0. The van der Waals surface area contributed by atoms with Crippen molar-refractivity contribution < 1.29 is 0 Å². The number of anilines is 3. The van der Waals surface area contributed by atoms with E-state index in [4.69, 9.17) is 0 Å². The molecule has 2 heterocycles. The highest BCUT2D eigenvalue weighted by Crippen LogP contribution is 2.25. The van der Waals surface area contributed by atoms with Crippen molar-refractivity contribution in [3.63, 3.8) is 0 Å².